The lowest BCUT2D eigenvalue weighted by molar-refractivity contribution is -0.142. The predicted molar refractivity (Wildman–Crippen MR) is 312 cm³/mol. The van der Waals surface area contributed by atoms with Gasteiger partial charge in [-0.15, -0.1) is 0 Å². The molecule has 1 aliphatic heterocycles. The van der Waals surface area contributed by atoms with Crippen molar-refractivity contribution in [1.82, 2.24) is 51.5 Å². The first-order valence-electron chi connectivity index (χ1n) is 28.4. The molecule has 1 fully saturated rings. The Morgan fingerprint density at radius 2 is 1.04 bits per heavy atom. The smallest absolute Gasteiger partial charge is 0.326 e. The third-order valence-electron chi connectivity index (χ3n) is 13.6. The molecule has 3 unspecified atom stereocenters. The number of carbonyl (C=O) groups is 10. The number of nitrogens with one attached hydrogen (secondary N) is 6. The van der Waals surface area contributed by atoms with Crippen LogP contribution in [0, 0.1) is 5.92 Å². The van der Waals surface area contributed by atoms with E-state index in [0.29, 0.717) is 42.7 Å². The molecule has 0 spiro atoms. The van der Waals surface area contributed by atoms with E-state index in [4.69, 9.17) is 0 Å². The number of unbranched alkanes of at least 4 members (excludes halogenated alkanes) is 3. The lowest BCUT2D eigenvalue weighted by Gasteiger charge is -2.32. The van der Waals surface area contributed by atoms with E-state index in [1.807, 2.05) is 34.0 Å². The van der Waals surface area contributed by atoms with E-state index >= 15 is 0 Å². The van der Waals surface area contributed by atoms with Crippen molar-refractivity contribution >= 4 is 71.1 Å². The van der Waals surface area contributed by atoms with Gasteiger partial charge in [-0.1, -0.05) is 76.6 Å². The average molecular weight is 1170 g/mol. The maximum atomic E-state index is 14.0. The summed E-state index contributed by atoms with van der Waals surface area (Å²) >= 11 is 1.45. The zero-order valence-corrected chi connectivity index (χ0v) is 49.3. The number of benzene rings is 2. The minimum atomic E-state index is -1.30. The maximum Gasteiger partial charge on any atom is 0.326 e. The lowest BCUT2D eigenvalue weighted by atomic mass is 9.99. The van der Waals surface area contributed by atoms with E-state index in [1.54, 1.807) is 62.1 Å². The van der Waals surface area contributed by atoms with E-state index in [-0.39, 0.29) is 140 Å². The minimum absolute atomic E-state index is 0.0204. The van der Waals surface area contributed by atoms with Gasteiger partial charge in [0.05, 0.1) is 26.2 Å². The standard InChI is InChI=1S/C55H84N10O14S.C2H6/c1-4-39(2)46(66)16-9-6-11-22-56-55(79)57-23-12-10-15-44(54(77)78)60-53(76)45(33-40-13-7-5-8-14-40)61-52(75)43(21-32-80-3)59-51(74)42-19-17-41(18-20-42)34-58-47(67)35-62-24-26-63(36-48(68)69)28-30-65(38-50(72)73)31-29-64(27-25-62)37-49(70)71;1-2/h5,7-8,13-14,17-20,39,43-45H,4,6,9-12,15-16,21-38H2,1-3H3,(H,58,67)(H,59,74)(H,60,76)(H,61,75)(H,68,69)(H,70,71)(H,72,73)(H,77,78)(H2,56,57,79);1-2H3/t39?,43?,44?,45-;/m0./s1. The van der Waals surface area contributed by atoms with Gasteiger partial charge < -0.3 is 52.3 Å². The second kappa shape index (κ2) is 41.3. The molecule has 10 N–H and O–H groups in total. The van der Waals surface area contributed by atoms with E-state index < -0.39 is 59.7 Å². The number of urea groups is 1. The van der Waals surface area contributed by atoms with E-state index in [9.17, 15) is 68.4 Å². The summed E-state index contributed by atoms with van der Waals surface area (Å²) in [6.45, 7) is 9.74. The number of nitrogens with zero attached hydrogens (tertiary/aromatic N) is 4. The van der Waals surface area contributed by atoms with Crippen LogP contribution in [0.3, 0.4) is 0 Å². The van der Waals surface area contributed by atoms with Crippen molar-refractivity contribution in [3.63, 3.8) is 0 Å². The van der Waals surface area contributed by atoms with Crippen molar-refractivity contribution in [2.24, 2.45) is 5.92 Å². The monoisotopic (exact) mass is 1170 g/mol. The molecule has 1 saturated heterocycles. The molecule has 0 radical (unpaired) electrons. The molecule has 1 heterocycles. The Bertz CT molecular complexity index is 2270. The van der Waals surface area contributed by atoms with Gasteiger partial charge in [0.2, 0.25) is 17.7 Å². The molecule has 6 amide bonds. The second-order valence-electron chi connectivity index (χ2n) is 20.0. The van der Waals surface area contributed by atoms with Crippen LogP contribution in [0.2, 0.25) is 0 Å². The number of ketones is 1. The molecule has 25 heteroatoms. The molecular formula is C57H90N10O14S. The van der Waals surface area contributed by atoms with Crippen LogP contribution in [-0.4, -0.2) is 221 Å². The van der Waals surface area contributed by atoms with Crippen molar-refractivity contribution in [2.45, 2.75) is 117 Å². The number of carboxylic acid groups (broad SMARTS) is 4. The Morgan fingerprint density at radius 1 is 0.549 bits per heavy atom. The number of carbonyl (C=O) groups excluding carboxylic acids is 6. The van der Waals surface area contributed by atoms with Gasteiger partial charge in [0.25, 0.3) is 5.91 Å². The summed E-state index contributed by atoms with van der Waals surface area (Å²) in [4.78, 5) is 133. The van der Waals surface area contributed by atoms with E-state index in [0.717, 1.165) is 25.7 Å². The van der Waals surface area contributed by atoms with Gasteiger partial charge in [-0.3, -0.25) is 58.0 Å². The van der Waals surface area contributed by atoms with Crippen LogP contribution in [0.5, 0.6) is 0 Å². The molecule has 0 aromatic heterocycles. The Labute approximate surface area is 486 Å². The van der Waals surface area contributed by atoms with Crippen LogP contribution in [0.1, 0.15) is 107 Å². The number of thioether (sulfide) groups is 1. The average Bonchev–Trinajstić information content (AvgIpc) is 3.47. The Morgan fingerprint density at radius 3 is 1.52 bits per heavy atom. The largest absolute Gasteiger partial charge is 0.480 e. The van der Waals surface area contributed by atoms with Crippen molar-refractivity contribution < 1.29 is 68.4 Å². The molecule has 2 aromatic carbocycles. The summed E-state index contributed by atoms with van der Waals surface area (Å²) in [5.41, 5.74) is 1.55. The molecule has 3 rings (SSSR count). The normalized spacial score (nSPS) is 15.2. The van der Waals surface area contributed by atoms with Crippen molar-refractivity contribution in [3.8, 4) is 0 Å². The third kappa shape index (κ3) is 31.0. The van der Waals surface area contributed by atoms with Crippen LogP contribution in [0.15, 0.2) is 54.6 Å². The van der Waals surface area contributed by atoms with Gasteiger partial charge in [0.15, 0.2) is 0 Å². The zero-order valence-electron chi connectivity index (χ0n) is 48.5. The quantitative estimate of drug-likeness (QED) is 0.0444. The third-order valence-corrected chi connectivity index (χ3v) is 14.2. The summed E-state index contributed by atoms with van der Waals surface area (Å²) < 4.78 is 0. The lowest BCUT2D eigenvalue weighted by Crippen LogP contribution is -2.56. The topological polar surface area (TPSA) is 337 Å². The number of Topliss-reactive ketones (excluding diaryl/α,β-unsaturated/α-hetero) is 1. The van der Waals surface area contributed by atoms with Gasteiger partial charge in [-0.25, -0.2) is 9.59 Å². The maximum absolute atomic E-state index is 14.0. The highest BCUT2D eigenvalue weighted by Crippen LogP contribution is 2.12. The van der Waals surface area contributed by atoms with Gasteiger partial charge in [0, 0.05) is 96.3 Å². The van der Waals surface area contributed by atoms with E-state index in [2.05, 4.69) is 31.9 Å². The van der Waals surface area contributed by atoms with Crippen molar-refractivity contribution in [1.29, 1.82) is 0 Å². The molecule has 2 aromatic rings. The van der Waals surface area contributed by atoms with Crippen LogP contribution >= 0.6 is 11.8 Å². The van der Waals surface area contributed by atoms with Crippen LogP contribution < -0.4 is 31.9 Å². The molecule has 0 bridgehead atoms. The molecule has 458 valence electrons. The summed E-state index contributed by atoms with van der Waals surface area (Å²) in [5.74, 6) is -6.00. The fourth-order valence-corrected chi connectivity index (χ4v) is 9.11. The highest BCUT2D eigenvalue weighted by molar-refractivity contribution is 7.98. The van der Waals surface area contributed by atoms with Gasteiger partial charge in [-0.05, 0) is 80.2 Å². The second-order valence-corrected chi connectivity index (χ2v) is 21.0. The highest BCUT2D eigenvalue weighted by Gasteiger charge is 2.30. The molecule has 24 nitrogen and oxygen atoms in total. The Kier molecular flexibility index (Phi) is 36.0. The number of hydrogen-bond donors (Lipinski definition) is 10. The summed E-state index contributed by atoms with van der Waals surface area (Å²) in [7, 11) is 0. The van der Waals surface area contributed by atoms with E-state index in [1.165, 1.54) is 23.9 Å². The summed E-state index contributed by atoms with van der Waals surface area (Å²) in [6.07, 6.45) is 6.57. The first-order valence-corrected chi connectivity index (χ1v) is 29.8. The number of rotatable bonds is 35. The molecule has 0 aliphatic carbocycles. The van der Waals surface area contributed by atoms with Gasteiger partial charge >= 0.3 is 29.9 Å². The molecule has 1 aliphatic rings. The molecule has 82 heavy (non-hydrogen) atoms. The van der Waals surface area contributed by atoms with Crippen LogP contribution in [0.25, 0.3) is 0 Å². The highest BCUT2D eigenvalue weighted by atomic mass is 32.2. The minimum Gasteiger partial charge on any atom is -0.480 e. The SMILES string of the molecule is CC.CCC(C)C(=O)CCCCCNC(=O)NCCCCC(NC(=O)[C@H](Cc1ccccc1)NC(=O)C(CCSC)NC(=O)c1ccc(CNC(=O)CN2CCN(CC(=O)O)CCN(CC(=O)O)CCN(CC(=O)O)CC2)cc1)C(=O)O. The van der Waals surface area contributed by atoms with Crippen LogP contribution in [0.4, 0.5) is 4.79 Å². The Balaban J connectivity index is 0.0000113. The predicted octanol–water partition coefficient (Wildman–Crippen LogP) is 2.60. The molecule has 4 atom stereocenters. The summed E-state index contributed by atoms with van der Waals surface area (Å²) in [6, 6.07) is 11.3. The fraction of sp³-hybridized carbons (Fsp3) is 0.614. The fourth-order valence-electron chi connectivity index (χ4n) is 8.64. The van der Waals surface area contributed by atoms with Gasteiger partial charge in [-0.2, -0.15) is 11.8 Å². The van der Waals surface area contributed by atoms with Crippen molar-refractivity contribution in [3.05, 3.63) is 71.3 Å². The summed E-state index contributed by atoms with van der Waals surface area (Å²) in [5, 5.41) is 55.1. The number of hydrogen-bond acceptors (Lipinski definition) is 15. The van der Waals surface area contributed by atoms with Crippen molar-refractivity contribution in [2.75, 3.05) is 104 Å². The Hall–Kier alpha value is -6.67. The molecule has 0 saturated carbocycles. The first-order chi connectivity index (χ1) is 39.3. The number of aliphatic carboxylic acids is 4. The zero-order chi connectivity index (χ0) is 60.8. The van der Waals surface area contributed by atoms with Crippen LogP contribution in [-0.2, 0) is 51.3 Å². The first kappa shape index (κ1) is 71.4. The number of amides is 6. The van der Waals surface area contributed by atoms with Gasteiger partial charge in [0.1, 0.15) is 23.9 Å². The molecular weight excluding hydrogens is 1080 g/mol. The number of carboxylic acids is 4.